The van der Waals surface area contributed by atoms with Gasteiger partial charge in [-0.3, -0.25) is 9.78 Å². The number of nitrogens with one attached hydrogen (secondary N) is 1. The minimum absolute atomic E-state index is 0.0180. The van der Waals surface area contributed by atoms with Crippen molar-refractivity contribution in [2.75, 3.05) is 54.5 Å². The third kappa shape index (κ3) is 7.98. The van der Waals surface area contributed by atoms with Gasteiger partial charge in [-0.15, -0.1) is 0 Å². The molecule has 2 saturated heterocycles. The van der Waals surface area contributed by atoms with Crippen LogP contribution in [0.25, 0.3) is 0 Å². The lowest BCUT2D eigenvalue weighted by atomic mass is 9.93. The van der Waals surface area contributed by atoms with E-state index in [9.17, 15) is 4.79 Å². The number of ether oxygens (including phenoxy) is 3. The van der Waals surface area contributed by atoms with Crippen LogP contribution in [0.4, 0.5) is 23.4 Å². The third-order valence-corrected chi connectivity index (χ3v) is 7.55. The van der Waals surface area contributed by atoms with Gasteiger partial charge in [0, 0.05) is 32.3 Å². The highest BCUT2D eigenvalue weighted by atomic mass is 16.5. The van der Waals surface area contributed by atoms with Gasteiger partial charge < -0.3 is 29.3 Å². The Hall–Kier alpha value is -4.15. The van der Waals surface area contributed by atoms with Crippen molar-refractivity contribution in [3.05, 3.63) is 48.9 Å². The molecule has 224 valence electrons. The fourth-order valence-corrected chi connectivity index (χ4v) is 5.58. The standard InChI is InChI=1S/C31H41N7O4/c1-3-40-25-11-5-6-12-26(25)42-24-10-8-18-38(22-24)29-20-32-19-27(34-29)35-31-33-16-15-28(36-31)37-17-7-9-23(21-37)13-14-30(39)41-4-2/h5-6,11-12,15-16,19-20,23-24H,3-4,7-10,13-14,17-18,21-22H2,1-2H3,(H,33,34,35,36)/t23-,24+/m0/s1. The number of hydrogen-bond acceptors (Lipinski definition) is 11. The maximum absolute atomic E-state index is 11.8. The molecule has 2 atom stereocenters. The molecule has 0 radical (unpaired) electrons. The number of esters is 1. The lowest BCUT2D eigenvalue weighted by molar-refractivity contribution is -0.143. The van der Waals surface area contributed by atoms with E-state index in [4.69, 9.17) is 24.2 Å². The maximum atomic E-state index is 11.8. The SMILES string of the molecule is CCOC(=O)CC[C@@H]1CCCN(c2ccnc(Nc3cncc(N4CCC[C@@H](Oc5ccccc5OCC)C4)n3)n2)C1. The van der Waals surface area contributed by atoms with Crippen LogP contribution in [-0.4, -0.2) is 71.4 Å². The number of piperidine rings is 2. The minimum Gasteiger partial charge on any atom is -0.490 e. The normalized spacial score (nSPS) is 18.8. The van der Waals surface area contributed by atoms with E-state index < -0.39 is 0 Å². The predicted octanol–water partition coefficient (Wildman–Crippen LogP) is 5.02. The topological polar surface area (TPSA) is 115 Å². The summed E-state index contributed by atoms with van der Waals surface area (Å²) >= 11 is 0. The Kier molecular flexibility index (Phi) is 10.2. The van der Waals surface area contributed by atoms with E-state index in [0.717, 1.165) is 74.9 Å². The average molecular weight is 576 g/mol. The molecule has 0 unspecified atom stereocenters. The van der Waals surface area contributed by atoms with Crippen molar-refractivity contribution < 1.29 is 19.0 Å². The van der Waals surface area contributed by atoms with Crippen molar-refractivity contribution in [1.29, 1.82) is 0 Å². The van der Waals surface area contributed by atoms with Gasteiger partial charge in [-0.1, -0.05) is 12.1 Å². The summed E-state index contributed by atoms with van der Waals surface area (Å²) in [5.74, 6) is 4.54. The highest BCUT2D eigenvalue weighted by molar-refractivity contribution is 5.69. The van der Waals surface area contributed by atoms with Gasteiger partial charge in [0.2, 0.25) is 5.95 Å². The quantitative estimate of drug-likeness (QED) is 0.294. The summed E-state index contributed by atoms with van der Waals surface area (Å²) in [7, 11) is 0. The zero-order chi connectivity index (χ0) is 29.1. The molecule has 3 aromatic rings. The molecular weight excluding hydrogens is 534 g/mol. The molecule has 0 bridgehead atoms. The molecule has 0 spiro atoms. The fraction of sp³-hybridized carbons (Fsp3) is 0.516. The number of benzene rings is 1. The van der Waals surface area contributed by atoms with Gasteiger partial charge in [0.05, 0.1) is 32.2 Å². The zero-order valence-corrected chi connectivity index (χ0v) is 24.6. The highest BCUT2D eigenvalue weighted by Gasteiger charge is 2.25. The molecule has 2 aliphatic rings. The van der Waals surface area contributed by atoms with Crippen molar-refractivity contribution in [2.24, 2.45) is 5.92 Å². The molecule has 2 aliphatic heterocycles. The molecule has 1 N–H and O–H groups in total. The van der Waals surface area contributed by atoms with Gasteiger partial charge in [-0.05, 0) is 70.1 Å². The number of para-hydroxylation sites is 2. The van der Waals surface area contributed by atoms with Crippen LogP contribution in [0.1, 0.15) is 52.4 Å². The van der Waals surface area contributed by atoms with Crippen LogP contribution in [0.2, 0.25) is 0 Å². The zero-order valence-electron chi connectivity index (χ0n) is 24.6. The Balaban J connectivity index is 1.20. The molecule has 0 amide bonds. The first kappa shape index (κ1) is 29.3. The number of aromatic nitrogens is 4. The number of anilines is 4. The number of nitrogens with zero attached hydrogens (tertiary/aromatic N) is 6. The van der Waals surface area contributed by atoms with E-state index >= 15 is 0 Å². The van der Waals surface area contributed by atoms with Crippen molar-refractivity contribution in [3.63, 3.8) is 0 Å². The second-order valence-electron chi connectivity index (χ2n) is 10.6. The molecule has 11 heteroatoms. The van der Waals surface area contributed by atoms with Crippen LogP contribution >= 0.6 is 0 Å². The molecule has 0 saturated carbocycles. The van der Waals surface area contributed by atoms with Gasteiger partial charge in [0.15, 0.2) is 17.3 Å². The summed E-state index contributed by atoms with van der Waals surface area (Å²) in [6, 6.07) is 9.74. The van der Waals surface area contributed by atoms with E-state index in [2.05, 4.69) is 25.1 Å². The summed E-state index contributed by atoms with van der Waals surface area (Å²) in [5.41, 5.74) is 0. The first-order chi connectivity index (χ1) is 20.6. The molecule has 1 aromatic carbocycles. The molecule has 4 heterocycles. The van der Waals surface area contributed by atoms with Crippen LogP contribution in [0, 0.1) is 5.92 Å². The molecular formula is C31H41N7O4. The number of rotatable bonds is 12. The van der Waals surface area contributed by atoms with Crippen LogP contribution in [0.3, 0.4) is 0 Å². The van der Waals surface area contributed by atoms with Gasteiger partial charge >= 0.3 is 5.97 Å². The van der Waals surface area contributed by atoms with Crippen molar-refractivity contribution in [3.8, 4) is 11.5 Å². The van der Waals surface area contributed by atoms with Crippen LogP contribution in [0.15, 0.2) is 48.9 Å². The fourth-order valence-electron chi connectivity index (χ4n) is 5.58. The molecule has 2 aromatic heterocycles. The van der Waals surface area contributed by atoms with E-state index in [1.807, 2.05) is 44.2 Å². The lowest BCUT2D eigenvalue weighted by Crippen LogP contribution is -2.41. The summed E-state index contributed by atoms with van der Waals surface area (Å²) in [6.07, 6.45) is 10.6. The highest BCUT2D eigenvalue weighted by Crippen LogP contribution is 2.30. The third-order valence-electron chi connectivity index (χ3n) is 7.55. The average Bonchev–Trinajstić information content (AvgIpc) is 3.02. The second-order valence-corrected chi connectivity index (χ2v) is 10.6. The molecule has 0 aliphatic carbocycles. The van der Waals surface area contributed by atoms with Crippen LogP contribution in [0.5, 0.6) is 11.5 Å². The Labute approximate surface area is 247 Å². The minimum atomic E-state index is -0.119. The van der Waals surface area contributed by atoms with Gasteiger partial charge in [0.1, 0.15) is 17.7 Å². The van der Waals surface area contributed by atoms with Crippen molar-refractivity contribution in [1.82, 2.24) is 19.9 Å². The Morgan fingerprint density at radius 3 is 2.60 bits per heavy atom. The molecule has 2 fully saturated rings. The van der Waals surface area contributed by atoms with Gasteiger partial charge in [-0.2, -0.15) is 4.98 Å². The van der Waals surface area contributed by atoms with E-state index in [1.54, 1.807) is 18.6 Å². The molecule has 11 nitrogen and oxygen atoms in total. The number of carbonyl (C=O) groups excluding carboxylic acids is 1. The maximum Gasteiger partial charge on any atom is 0.305 e. The van der Waals surface area contributed by atoms with E-state index in [0.29, 0.717) is 43.9 Å². The second kappa shape index (κ2) is 14.7. The van der Waals surface area contributed by atoms with Crippen molar-refractivity contribution in [2.45, 2.75) is 58.5 Å². The number of carbonyl (C=O) groups is 1. The Morgan fingerprint density at radius 1 is 0.952 bits per heavy atom. The summed E-state index contributed by atoms with van der Waals surface area (Å²) in [6.45, 7) is 8.20. The van der Waals surface area contributed by atoms with Gasteiger partial charge in [0.25, 0.3) is 0 Å². The van der Waals surface area contributed by atoms with E-state index in [-0.39, 0.29) is 12.1 Å². The molecule has 42 heavy (non-hydrogen) atoms. The lowest BCUT2D eigenvalue weighted by Gasteiger charge is -2.34. The summed E-state index contributed by atoms with van der Waals surface area (Å²) in [4.78, 5) is 34.8. The monoisotopic (exact) mass is 575 g/mol. The number of hydrogen-bond donors (Lipinski definition) is 1. The van der Waals surface area contributed by atoms with E-state index in [1.165, 1.54) is 0 Å². The summed E-state index contributed by atoms with van der Waals surface area (Å²) in [5, 5.41) is 3.24. The first-order valence-electron chi connectivity index (χ1n) is 15.1. The summed E-state index contributed by atoms with van der Waals surface area (Å²) < 4.78 is 17.2. The largest absolute Gasteiger partial charge is 0.490 e. The van der Waals surface area contributed by atoms with Crippen LogP contribution < -0.4 is 24.6 Å². The van der Waals surface area contributed by atoms with Crippen molar-refractivity contribution >= 4 is 29.4 Å². The van der Waals surface area contributed by atoms with Gasteiger partial charge in [-0.25, -0.2) is 9.97 Å². The molecule has 5 rings (SSSR count). The smallest absolute Gasteiger partial charge is 0.305 e. The van der Waals surface area contributed by atoms with Crippen LogP contribution in [-0.2, 0) is 9.53 Å². The first-order valence-corrected chi connectivity index (χ1v) is 15.1. The Bertz CT molecular complexity index is 1310. The predicted molar refractivity (Wildman–Crippen MR) is 162 cm³/mol. The Morgan fingerprint density at radius 2 is 1.76 bits per heavy atom.